The second kappa shape index (κ2) is 5.77. The van der Waals surface area contributed by atoms with Gasteiger partial charge in [0.1, 0.15) is 0 Å². The topological polar surface area (TPSA) is 67.3 Å². The number of ether oxygens (including phenoxy) is 1. The van der Waals surface area contributed by atoms with Gasteiger partial charge in [0, 0.05) is 37.9 Å². The van der Waals surface area contributed by atoms with Crippen molar-refractivity contribution >= 4 is 0 Å². The third-order valence-corrected chi connectivity index (χ3v) is 4.64. The Kier molecular flexibility index (Phi) is 3.99. The number of H-pyrrole nitrogens is 1. The van der Waals surface area contributed by atoms with Gasteiger partial charge in [-0.05, 0) is 19.8 Å². The molecule has 1 aromatic rings. The quantitative estimate of drug-likeness (QED) is 0.881. The first-order valence-corrected chi connectivity index (χ1v) is 7.75. The summed E-state index contributed by atoms with van der Waals surface area (Å²) < 4.78 is 7.28. The molecule has 1 aromatic heterocycles. The summed E-state index contributed by atoms with van der Waals surface area (Å²) in [7, 11) is 0. The van der Waals surface area contributed by atoms with Crippen LogP contribution in [0.1, 0.15) is 31.4 Å². The summed E-state index contributed by atoms with van der Waals surface area (Å²) in [4.78, 5) is 28.7. The van der Waals surface area contributed by atoms with Crippen molar-refractivity contribution in [2.24, 2.45) is 0 Å². The highest BCUT2D eigenvalue weighted by atomic mass is 16.5. The lowest BCUT2D eigenvalue weighted by Crippen LogP contribution is -2.51. The zero-order chi connectivity index (χ0) is 14.9. The van der Waals surface area contributed by atoms with Crippen LogP contribution in [0.15, 0.2) is 15.7 Å². The highest BCUT2D eigenvalue weighted by Crippen LogP contribution is 2.35. The van der Waals surface area contributed by atoms with Gasteiger partial charge in [-0.1, -0.05) is 12.8 Å². The maximum absolute atomic E-state index is 11.9. The number of nitrogens with zero attached hydrogens (tertiary/aromatic N) is 2. The van der Waals surface area contributed by atoms with Crippen molar-refractivity contribution in [1.29, 1.82) is 0 Å². The van der Waals surface area contributed by atoms with Gasteiger partial charge < -0.3 is 9.72 Å². The van der Waals surface area contributed by atoms with Gasteiger partial charge in [0.05, 0.1) is 12.2 Å². The van der Waals surface area contributed by atoms with E-state index in [1.807, 2.05) is 0 Å². The summed E-state index contributed by atoms with van der Waals surface area (Å²) >= 11 is 0. The zero-order valence-corrected chi connectivity index (χ0v) is 12.6. The number of hydrogen-bond acceptors (Lipinski definition) is 4. The molecule has 21 heavy (non-hydrogen) atoms. The molecule has 0 bridgehead atoms. The molecule has 1 spiro atoms. The lowest BCUT2D eigenvalue weighted by atomic mass is 10.00. The van der Waals surface area contributed by atoms with E-state index in [2.05, 4.69) is 9.88 Å². The maximum atomic E-state index is 11.9. The van der Waals surface area contributed by atoms with Gasteiger partial charge in [-0.25, -0.2) is 4.79 Å². The van der Waals surface area contributed by atoms with Crippen molar-refractivity contribution in [1.82, 2.24) is 14.5 Å². The Morgan fingerprint density at radius 3 is 2.76 bits per heavy atom. The van der Waals surface area contributed by atoms with Crippen LogP contribution < -0.4 is 11.2 Å². The summed E-state index contributed by atoms with van der Waals surface area (Å²) in [6, 6.07) is 1.47. The van der Waals surface area contributed by atoms with Gasteiger partial charge in [-0.2, -0.15) is 0 Å². The van der Waals surface area contributed by atoms with E-state index in [9.17, 15) is 9.59 Å². The fourth-order valence-electron chi connectivity index (χ4n) is 3.52. The Bertz CT molecular complexity index is 582. The van der Waals surface area contributed by atoms with Crippen molar-refractivity contribution < 1.29 is 4.74 Å². The van der Waals surface area contributed by atoms with Gasteiger partial charge in [0.15, 0.2) is 0 Å². The second-order valence-electron chi connectivity index (χ2n) is 6.26. The van der Waals surface area contributed by atoms with Gasteiger partial charge in [0.2, 0.25) is 0 Å². The monoisotopic (exact) mass is 293 g/mol. The second-order valence-corrected chi connectivity index (χ2v) is 6.26. The summed E-state index contributed by atoms with van der Waals surface area (Å²) in [6.07, 6.45) is 4.75. The van der Waals surface area contributed by atoms with Crippen molar-refractivity contribution in [3.8, 4) is 0 Å². The van der Waals surface area contributed by atoms with E-state index in [1.54, 1.807) is 6.92 Å². The highest BCUT2D eigenvalue weighted by Gasteiger charge is 2.38. The largest absolute Gasteiger partial charge is 0.372 e. The van der Waals surface area contributed by atoms with Gasteiger partial charge in [-0.3, -0.25) is 14.3 Å². The van der Waals surface area contributed by atoms with E-state index in [-0.39, 0.29) is 16.9 Å². The molecule has 0 unspecified atom stereocenters. The Morgan fingerprint density at radius 1 is 1.29 bits per heavy atom. The van der Waals surface area contributed by atoms with Gasteiger partial charge in [0.25, 0.3) is 5.56 Å². The molecule has 1 saturated heterocycles. The molecule has 0 amide bonds. The molecule has 6 heteroatoms. The molecule has 1 saturated carbocycles. The molecule has 2 fully saturated rings. The first-order valence-electron chi connectivity index (χ1n) is 7.75. The molecule has 1 aliphatic heterocycles. The molecule has 0 atom stereocenters. The number of morpholine rings is 1. The molecule has 1 N–H and O–H groups in total. The van der Waals surface area contributed by atoms with Crippen LogP contribution in [0.5, 0.6) is 0 Å². The molecule has 1 aliphatic carbocycles. The molecule has 6 nitrogen and oxygen atoms in total. The van der Waals surface area contributed by atoms with Crippen LogP contribution in [-0.2, 0) is 11.3 Å². The Balaban J connectivity index is 1.65. The number of rotatable bonds is 3. The standard InChI is InChI=1S/C15H23N3O3/c1-12-10-13(19)18(14(20)16-12)7-6-17-8-9-21-15(11-17)4-2-3-5-15/h10H,2-9,11H2,1H3,(H,16,20). The summed E-state index contributed by atoms with van der Waals surface area (Å²) in [5, 5.41) is 0. The number of aromatic nitrogens is 2. The molecule has 2 heterocycles. The van der Waals surface area contributed by atoms with Gasteiger partial charge in [-0.15, -0.1) is 0 Å². The molecular weight excluding hydrogens is 270 g/mol. The number of nitrogens with one attached hydrogen (secondary N) is 1. The Hall–Kier alpha value is -1.40. The number of hydrogen-bond donors (Lipinski definition) is 1. The Labute approximate surface area is 123 Å². The van der Waals surface area contributed by atoms with E-state index in [4.69, 9.17) is 4.74 Å². The Morgan fingerprint density at radius 2 is 2.05 bits per heavy atom. The van der Waals surface area contributed by atoms with Crippen molar-refractivity contribution in [2.75, 3.05) is 26.2 Å². The average molecular weight is 293 g/mol. The predicted octanol–water partition coefficient (Wildman–Crippen LogP) is 0.490. The fraction of sp³-hybridized carbons (Fsp3) is 0.733. The third-order valence-electron chi connectivity index (χ3n) is 4.64. The van der Waals surface area contributed by atoms with Crippen LogP contribution in [0.2, 0.25) is 0 Å². The van der Waals surface area contributed by atoms with E-state index < -0.39 is 0 Å². The molecule has 116 valence electrons. The highest BCUT2D eigenvalue weighted by molar-refractivity contribution is 4.97. The molecular formula is C15H23N3O3. The lowest BCUT2D eigenvalue weighted by Gasteiger charge is -2.40. The number of aryl methyl sites for hydroxylation is 1. The van der Waals surface area contributed by atoms with Crippen LogP contribution in [0.25, 0.3) is 0 Å². The van der Waals surface area contributed by atoms with Crippen LogP contribution in [0.4, 0.5) is 0 Å². The first kappa shape index (κ1) is 14.5. The van der Waals surface area contributed by atoms with E-state index in [1.165, 1.54) is 23.5 Å². The number of aromatic amines is 1. The summed E-state index contributed by atoms with van der Waals surface area (Å²) in [5.41, 5.74) is 0.101. The summed E-state index contributed by atoms with van der Waals surface area (Å²) in [6.45, 7) is 5.42. The van der Waals surface area contributed by atoms with Crippen molar-refractivity contribution in [2.45, 2.75) is 44.8 Å². The third kappa shape index (κ3) is 3.11. The van der Waals surface area contributed by atoms with Crippen LogP contribution in [0.3, 0.4) is 0 Å². The smallest absolute Gasteiger partial charge is 0.328 e. The molecule has 3 rings (SSSR count). The minimum absolute atomic E-state index is 0.0307. The van der Waals surface area contributed by atoms with Crippen LogP contribution in [0, 0.1) is 6.92 Å². The molecule has 2 aliphatic rings. The predicted molar refractivity (Wildman–Crippen MR) is 79.7 cm³/mol. The van der Waals surface area contributed by atoms with Crippen LogP contribution in [-0.4, -0.2) is 46.3 Å². The van der Waals surface area contributed by atoms with E-state index in [0.29, 0.717) is 12.2 Å². The SMILES string of the molecule is Cc1cc(=O)n(CCN2CCOC3(CCCC3)C2)c(=O)[nH]1. The lowest BCUT2D eigenvalue weighted by molar-refractivity contribution is -0.105. The minimum Gasteiger partial charge on any atom is -0.372 e. The normalized spacial score (nSPS) is 22.0. The molecule has 0 aromatic carbocycles. The van der Waals surface area contributed by atoms with Gasteiger partial charge >= 0.3 is 5.69 Å². The van der Waals surface area contributed by atoms with Crippen molar-refractivity contribution in [3.63, 3.8) is 0 Å². The van der Waals surface area contributed by atoms with E-state index in [0.717, 1.165) is 39.1 Å². The minimum atomic E-state index is -0.316. The molecule has 0 radical (unpaired) electrons. The van der Waals surface area contributed by atoms with Crippen molar-refractivity contribution in [3.05, 3.63) is 32.6 Å². The van der Waals surface area contributed by atoms with E-state index >= 15 is 0 Å². The summed E-state index contributed by atoms with van der Waals surface area (Å²) in [5.74, 6) is 0. The first-order chi connectivity index (χ1) is 10.1. The van der Waals surface area contributed by atoms with Crippen LogP contribution >= 0.6 is 0 Å². The zero-order valence-electron chi connectivity index (χ0n) is 12.6. The fourth-order valence-corrected chi connectivity index (χ4v) is 3.52. The average Bonchev–Trinajstić information content (AvgIpc) is 2.85. The maximum Gasteiger partial charge on any atom is 0.328 e.